The molecule has 0 spiro atoms. The van der Waals surface area contributed by atoms with Crippen LogP contribution in [0.5, 0.6) is 5.75 Å². The molecule has 0 radical (unpaired) electrons. The molecule has 0 saturated heterocycles. The number of halogens is 1. The van der Waals surface area contributed by atoms with E-state index in [4.69, 9.17) is 4.74 Å². The van der Waals surface area contributed by atoms with Gasteiger partial charge in [-0.25, -0.2) is 0 Å². The molecule has 1 rings (SSSR count). The van der Waals surface area contributed by atoms with Crippen LogP contribution in [0.15, 0.2) is 22.7 Å². The van der Waals surface area contributed by atoms with Gasteiger partial charge < -0.3 is 15.4 Å². The van der Waals surface area contributed by atoms with Crippen LogP contribution in [0.4, 0.5) is 0 Å². The Balaban J connectivity index is 2.41. The molecule has 0 fully saturated rings. The number of ether oxygens (including phenoxy) is 1. The molecule has 0 aromatic heterocycles. The SMILES string of the molecule is CNCCCNCc1ccc(OC(C)C)c(Br)c1. The van der Waals surface area contributed by atoms with Crippen LogP contribution in [-0.4, -0.2) is 26.2 Å². The molecule has 0 atom stereocenters. The van der Waals surface area contributed by atoms with E-state index in [0.717, 1.165) is 36.3 Å². The molecule has 4 heteroatoms. The minimum Gasteiger partial charge on any atom is -0.490 e. The molecular weight excluding hydrogens is 292 g/mol. The van der Waals surface area contributed by atoms with Crippen molar-refractivity contribution in [3.63, 3.8) is 0 Å². The highest BCUT2D eigenvalue weighted by molar-refractivity contribution is 9.10. The van der Waals surface area contributed by atoms with Crippen LogP contribution in [0.1, 0.15) is 25.8 Å². The van der Waals surface area contributed by atoms with Crippen LogP contribution < -0.4 is 15.4 Å². The lowest BCUT2D eigenvalue weighted by molar-refractivity contribution is 0.241. The van der Waals surface area contributed by atoms with E-state index in [0.29, 0.717) is 0 Å². The minimum absolute atomic E-state index is 0.201. The largest absolute Gasteiger partial charge is 0.490 e. The van der Waals surface area contributed by atoms with Crippen molar-refractivity contribution in [1.29, 1.82) is 0 Å². The minimum atomic E-state index is 0.201. The summed E-state index contributed by atoms with van der Waals surface area (Å²) in [5.41, 5.74) is 1.27. The third kappa shape index (κ3) is 5.85. The summed E-state index contributed by atoms with van der Waals surface area (Å²) in [5, 5.41) is 6.56. The second-order valence-corrected chi connectivity index (χ2v) is 5.42. The molecular formula is C14H23BrN2O. The molecule has 0 aliphatic rings. The Labute approximate surface area is 118 Å². The number of hydrogen-bond acceptors (Lipinski definition) is 3. The quantitative estimate of drug-likeness (QED) is 0.724. The van der Waals surface area contributed by atoms with Crippen molar-refractivity contribution in [2.24, 2.45) is 0 Å². The number of hydrogen-bond donors (Lipinski definition) is 2. The standard InChI is InChI=1S/C14H23BrN2O/c1-11(2)18-14-6-5-12(9-13(14)15)10-17-8-4-7-16-3/h5-6,9,11,16-17H,4,7-8,10H2,1-3H3. The zero-order chi connectivity index (χ0) is 13.4. The van der Waals surface area contributed by atoms with Crippen LogP contribution in [0, 0.1) is 0 Å². The average molecular weight is 315 g/mol. The van der Waals surface area contributed by atoms with E-state index in [9.17, 15) is 0 Å². The van der Waals surface area contributed by atoms with Gasteiger partial charge in [0, 0.05) is 6.54 Å². The van der Waals surface area contributed by atoms with Gasteiger partial charge in [-0.1, -0.05) is 6.07 Å². The first kappa shape index (κ1) is 15.5. The molecule has 18 heavy (non-hydrogen) atoms. The lowest BCUT2D eigenvalue weighted by Crippen LogP contribution is -2.19. The summed E-state index contributed by atoms with van der Waals surface area (Å²) in [5.74, 6) is 0.906. The summed E-state index contributed by atoms with van der Waals surface area (Å²) in [7, 11) is 1.98. The predicted molar refractivity (Wildman–Crippen MR) is 80.2 cm³/mol. The molecule has 0 saturated carbocycles. The maximum Gasteiger partial charge on any atom is 0.133 e. The van der Waals surface area contributed by atoms with Gasteiger partial charge in [0.1, 0.15) is 5.75 Å². The normalized spacial score (nSPS) is 10.9. The zero-order valence-electron chi connectivity index (χ0n) is 11.4. The van der Waals surface area contributed by atoms with E-state index in [1.165, 1.54) is 5.56 Å². The topological polar surface area (TPSA) is 33.3 Å². The fraction of sp³-hybridized carbons (Fsp3) is 0.571. The van der Waals surface area contributed by atoms with Crippen molar-refractivity contribution in [2.45, 2.75) is 32.9 Å². The number of nitrogens with one attached hydrogen (secondary N) is 2. The van der Waals surface area contributed by atoms with Gasteiger partial charge >= 0.3 is 0 Å². The molecule has 0 aliphatic carbocycles. The first-order chi connectivity index (χ1) is 8.63. The van der Waals surface area contributed by atoms with Gasteiger partial charge in [0.2, 0.25) is 0 Å². The summed E-state index contributed by atoms with van der Waals surface area (Å²) in [6.07, 6.45) is 1.35. The molecule has 102 valence electrons. The van der Waals surface area contributed by atoms with Crippen molar-refractivity contribution in [3.05, 3.63) is 28.2 Å². The molecule has 2 N–H and O–H groups in total. The monoisotopic (exact) mass is 314 g/mol. The second kappa shape index (κ2) is 8.51. The Kier molecular flexibility index (Phi) is 7.32. The first-order valence-corrected chi connectivity index (χ1v) is 7.23. The van der Waals surface area contributed by atoms with E-state index in [-0.39, 0.29) is 6.10 Å². The fourth-order valence-corrected chi connectivity index (χ4v) is 2.15. The third-order valence-corrected chi connectivity index (χ3v) is 3.09. The third-order valence-electron chi connectivity index (χ3n) is 2.47. The summed E-state index contributed by atoms with van der Waals surface area (Å²) < 4.78 is 6.70. The van der Waals surface area contributed by atoms with E-state index in [1.807, 2.05) is 27.0 Å². The number of rotatable bonds is 8. The van der Waals surface area contributed by atoms with Gasteiger partial charge in [0.25, 0.3) is 0 Å². The van der Waals surface area contributed by atoms with Gasteiger partial charge in [0.05, 0.1) is 10.6 Å². The van der Waals surface area contributed by atoms with E-state index in [2.05, 4.69) is 38.7 Å². The van der Waals surface area contributed by atoms with E-state index < -0.39 is 0 Å². The van der Waals surface area contributed by atoms with Crippen LogP contribution in [-0.2, 0) is 6.54 Å². The zero-order valence-corrected chi connectivity index (χ0v) is 13.0. The molecule has 3 nitrogen and oxygen atoms in total. The highest BCUT2D eigenvalue weighted by Gasteiger charge is 2.04. The molecule has 0 aliphatic heterocycles. The summed E-state index contributed by atoms with van der Waals surface area (Å²) >= 11 is 3.55. The average Bonchev–Trinajstić information content (AvgIpc) is 2.32. The Morgan fingerprint density at radius 1 is 1.28 bits per heavy atom. The Morgan fingerprint density at radius 3 is 2.67 bits per heavy atom. The van der Waals surface area contributed by atoms with Crippen molar-refractivity contribution in [1.82, 2.24) is 10.6 Å². The van der Waals surface area contributed by atoms with Crippen molar-refractivity contribution in [2.75, 3.05) is 20.1 Å². The fourth-order valence-electron chi connectivity index (χ4n) is 1.63. The summed E-state index contributed by atoms with van der Waals surface area (Å²) in [4.78, 5) is 0. The number of benzene rings is 1. The van der Waals surface area contributed by atoms with Crippen molar-refractivity contribution in [3.8, 4) is 5.75 Å². The molecule has 0 bridgehead atoms. The van der Waals surface area contributed by atoms with E-state index >= 15 is 0 Å². The van der Waals surface area contributed by atoms with Gasteiger partial charge in [-0.3, -0.25) is 0 Å². The summed E-state index contributed by atoms with van der Waals surface area (Å²) in [6.45, 7) is 7.04. The van der Waals surface area contributed by atoms with Crippen molar-refractivity contribution < 1.29 is 4.74 Å². The van der Waals surface area contributed by atoms with Gasteiger partial charge in [-0.15, -0.1) is 0 Å². The van der Waals surface area contributed by atoms with Crippen LogP contribution in [0.2, 0.25) is 0 Å². The lowest BCUT2D eigenvalue weighted by Gasteiger charge is -2.12. The van der Waals surface area contributed by atoms with Crippen LogP contribution in [0.3, 0.4) is 0 Å². The maximum atomic E-state index is 5.68. The molecule has 1 aromatic carbocycles. The highest BCUT2D eigenvalue weighted by atomic mass is 79.9. The smallest absolute Gasteiger partial charge is 0.133 e. The molecule has 0 heterocycles. The van der Waals surface area contributed by atoms with Crippen molar-refractivity contribution >= 4 is 15.9 Å². The Bertz CT molecular complexity index is 356. The molecule has 0 unspecified atom stereocenters. The second-order valence-electron chi connectivity index (χ2n) is 4.57. The van der Waals surface area contributed by atoms with Crippen LogP contribution >= 0.6 is 15.9 Å². The Morgan fingerprint density at radius 2 is 2.06 bits per heavy atom. The van der Waals surface area contributed by atoms with Gasteiger partial charge in [-0.2, -0.15) is 0 Å². The molecule has 0 amide bonds. The molecule has 1 aromatic rings. The first-order valence-electron chi connectivity index (χ1n) is 6.44. The lowest BCUT2D eigenvalue weighted by atomic mass is 10.2. The maximum absolute atomic E-state index is 5.68. The van der Waals surface area contributed by atoms with Crippen LogP contribution in [0.25, 0.3) is 0 Å². The van der Waals surface area contributed by atoms with Gasteiger partial charge in [0.15, 0.2) is 0 Å². The summed E-state index contributed by atoms with van der Waals surface area (Å²) in [6, 6.07) is 6.24. The van der Waals surface area contributed by atoms with E-state index in [1.54, 1.807) is 0 Å². The Hall–Kier alpha value is -0.580. The predicted octanol–water partition coefficient (Wildman–Crippen LogP) is 2.94. The highest BCUT2D eigenvalue weighted by Crippen LogP contribution is 2.26. The van der Waals surface area contributed by atoms with Gasteiger partial charge in [-0.05, 0) is 74.0 Å².